The van der Waals surface area contributed by atoms with Crippen LogP contribution in [0.2, 0.25) is 0 Å². The number of rotatable bonds is 7. The van der Waals surface area contributed by atoms with E-state index in [1.54, 1.807) is 31.2 Å². The minimum Gasteiger partial charge on any atom is -0.497 e. The molecule has 2 aromatic rings. The van der Waals surface area contributed by atoms with E-state index in [1.165, 1.54) is 32.4 Å². The van der Waals surface area contributed by atoms with Crippen molar-refractivity contribution >= 4 is 23.2 Å². The van der Waals surface area contributed by atoms with Crippen LogP contribution in [0, 0.1) is 5.82 Å². The number of amides is 2. The zero-order chi connectivity index (χ0) is 19.8. The maximum absolute atomic E-state index is 13.1. The number of ether oxygens (including phenoxy) is 2. The van der Waals surface area contributed by atoms with Crippen molar-refractivity contribution in [1.29, 1.82) is 0 Å². The highest BCUT2D eigenvalue weighted by atomic mass is 19.1. The molecule has 8 heteroatoms. The van der Waals surface area contributed by atoms with Crippen LogP contribution in [0.1, 0.15) is 23.7 Å². The van der Waals surface area contributed by atoms with Gasteiger partial charge in [0.15, 0.2) is 0 Å². The Morgan fingerprint density at radius 3 is 2.56 bits per heavy atom. The zero-order valence-electron chi connectivity index (χ0n) is 15.2. The number of benzene rings is 2. The van der Waals surface area contributed by atoms with Crippen molar-refractivity contribution in [3.8, 4) is 11.5 Å². The second-order valence-electron chi connectivity index (χ2n) is 5.59. The van der Waals surface area contributed by atoms with Crippen molar-refractivity contribution in [2.24, 2.45) is 5.10 Å². The predicted molar refractivity (Wildman–Crippen MR) is 99.8 cm³/mol. The number of hydrogen-bond acceptors (Lipinski definition) is 5. The number of hydrogen-bond donors (Lipinski definition) is 2. The quantitative estimate of drug-likeness (QED) is 0.577. The molecule has 142 valence electrons. The van der Waals surface area contributed by atoms with E-state index in [0.717, 1.165) is 0 Å². The molecular formula is C19H20FN3O4. The summed E-state index contributed by atoms with van der Waals surface area (Å²) in [6.07, 6.45) is -0.0590. The maximum atomic E-state index is 13.1. The highest BCUT2D eigenvalue weighted by molar-refractivity contribution is 6.06. The Morgan fingerprint density at radius 2 is 1.89 bits per heavy atom. The minimum absolute atomic E-state index is 0.0590. The monoisotopic (exact) mass is 373 g/mol. The molecule has 2 N–H and O–H groups in total. The van der Waals surface area contributed by atoms with Crippen LogP contribution in [0.5, 0.6) is 11.5 Å². The van der Waals surface area contributed by atoms with Gasteiger partial charge in [0.25, 0.3) is 5.91 Å². The Kier molecular flexibility index (Phi) is 6.87. The summed E-state index contributed by atoms with van der Waals surface area (Å²) in [5.41, 5.74) is 3.38. The van der Waals surface area contributed by atoms with E-state index in [-0.39, 0.29) is 17.9 Å². The second-order valence-corrected chi connectivity index (χ2v) is 5.59. The summed E-state index contributed by atoms with van der Waals surface area (Å²) in [6, 6.07) is 10.3. The number of anilines is 1. The van der Waals surface area contributed by atoms with Crippen LogP contribution < -0.4 is 20.2 Å². The van der Waals surface area contributed by atoms with E-state index in [0.29, 0.717) is 22.9 Å². The second kappa shape index (κ2) is 9.33. The van der Waals surface area contributed by atoms with Gasteiger partial charge < -0.3 is 14.8 Å². The SMILES string of the molecule is COc1ccc(C(=O)N/N=C(\C)CC(=O)Nc2cccc(F)c2)c(OC)c1. The Labute approximate surface area is 156 Å². The van der Waals surface area contributed by atoms with Crippen molar-refractivity contribution in [1.82, 2.24) is 5.43 Å². The first-order valence-corrected chi connectivity index (χ1v) is 8.04. The van der Waals surface area contributed by atoms with Crippen LogP contribution in [0.3, 0.4) is 0 Å². The number of halogens is 1. The molecule has 2 amide bonds. The topological polar surface area (TPSA) is 89.0 Å². The summed E-state index contributed by atoms with van der Waals surface area (Å²) >= 11 is 0. The fraction of sp³-hybridized carbons (Fsp3) is 0.211. The molecule has 0 bridgehead atoms. The Morgan fingerprint density at radius 1 is 1.11 bits per heavy atom. The van der Waals surface area contributed by atoms with Crippen molar-refractivity contribution in [2.75, 3.05) is 19.5 Å². The van der Waals surface area contributed by atoms with Crippen LogP contribution in [0.4, 0.5) is 10.1 Å². The molecule has 0 aliphatic carbocycles. The van der Waals surface area contributed by atoms with Crippen LogP contribution in [0.25, 0.3) is 0 Å². The number of carbonyl (C=O) groups excluding carboxylic acids is 2. The standard InChI is InChI=1S/C19H20FN3O4/c1-12(9-18(24)21-14-6-4-5-13(20)10-14)22-23-19(25)16-8-7-15(26-2)11-17(16)27-3/h4-8,10-11H,9H2,1-3H3,(H,21,24)(H,23,25)/b22-12+. The lowest BCUT2D eigenvalue weighted by atomic mass is 10.2. The molecule has 0 radical (unpaired) electrons. The van der Waals surface area contributed by atoms with Gasteiger partial charge in [0, 0.05) is 17.5 Å². The van der Waals surface area contributed by atoms with Gasteiger partial charge >= 0.3 is 0 Å². The Balaban J connectivity index is 1.96. The highest BCUT2D eigenvalue weighted by Gasteiger charge is 2.13. The molecular weight excluding hydrogens is 353 g/mol. The van der Waals surface area contributed by atoms with E-state index >= 15 is 0 Å². The number of nitrogens with one attached hydrogen (secondary N) is 2. The minimum atomic E-state index is -0.487. The van der Waals surface area contributed by atoms with Crippen LogP contribution >= 0.6 is 0 Å². The molecule has 0 spiro atoms. The average Bonchev–Trinajstić information content (AvgIpc) is 2.65. The highest BCUT2D eigenvalue weighted by Crippen LogP contribution is 2.24. The lowest BCUT2D eigenvalue weighted by Gasteiger charge is -2.09. The van der Waals surface area contributed by atoms with Crippen molar-refractivity contribution < 1.29 is 23.5 Å². The predicted octanol–water partition coefficient (Wildman–Crippen LogP) is 2.98. The van der Waals surface area contributed by atoms with Crippen LogP contribution in [0.15, 0.2) is 47.6 Å². The van der Waals surface area contributed by atoms with Gasteiger partial charge in [-0.15, -0.1) is 0 Å². The number of carbonyl (C=O) groups is 2. The smallest absolute Gasteiger partial charge is 0.275 e. The summed E-state index contributed by atoms with van der Waals surface area (Å²) in [5, 5.41) is 6.47. The van der Waals surface area contributed by atoms with E-state index in [1.807, 2.05) is 0 Å². The maximum Gasteiger partial charge on any atom is 0.275 e. The molecule has 27 heavy (non-hydrogen) atoms. The van der Waals surface area contributed by atoms with E-state index < -0.39 is 11.7 Å². The van der Waals surface area contributed by atoms with Gasteiger partial charge in [-0.05, 0) is 37.3 Å². The van der Waals surface area contributed by atoms with E-state index in [2.05, 4.69) is 15.8 Å². The molecule has 0 saturated carbocycles. The summed E-state index contributed by atoms with van der Waals surface area (Å²) in [4.78, 5) is 24.2. The van der Waals surface area contributed by atoms with Gasteiger partial charge in [-0.25, -0.2) is 9.82 Å². The fourth-order valence-corrected chi connectivity index (χ4v) is 2.24. The third kappa shape index (κ3) is 5.81. The molecule has 0 saturated heterocycles. The molecule has 7 nitrogen and oxygen atoms in total. The largest absolute Gasteiger partial charge is 0.497 e. The Hall–Kier alpha value is -3.42. The summed E-state index contributed by atoms with van der Waals surface area (Å²) in [5.74, 6) is -0.419. The summed E-state index contributed by atoms with van der Waals surface area (Å²) in [6.45, 7) is 1.59. The van der Waals surface area contributed by atoms with Crippen molar-refractivity contribution in [3.05, 3.63) is 53.8 Å². The van der Waals surface area contributed by atoms with Gasteiger partial charge in [0.05, 0.1) is 26.2 Å². The summed E-state index contributed by atoms with van der Waals surface area (Å²) in [7, 11) is 2.95. The normalized spacial score (nSPS) is 10.9. The molecule has 0 fully saturated rings. The van der Waals surface area contributed by atoms with Gasteiger partial charge in [-0.1, -0.05) is 6.07 Å². The van der Waals surface area contributed by atoms with E-state index in [9.17, 15) is 14.0 Å². The third-order valence-electron chi connectivity index (χ3n) is 3.53. The fourth-order valence-electron chi connectivity index (χ4n) is 2.24. The molecule has 0 aliphatic rings. The van der Waals surface area contributed by atoms with Crippen molar-refractivity contribution in [3.63, 3.8) is 0 Å². The molecule has 2 rings (SSSR count). The lowest BCUT2D eigenvalue weighted by Crippen LogP contribution is -2.22. The number of nitrogens with zero attached hydrogens (tertiary/aromatic N) is 1. The molecule has 0 atom stereocenters. The van der Waals surface area contributed by atoms with E-state index in [4.69, 9.17) is 9.47 Å². The Bertz CT molecular complexity index is 868. The van der Waals surface area contributed by atoms with Gasteiger partial charge in [0.1, 0.15) is 17.3 Å². The molecule has 0 aliphatic heterocycles. The van der Waals surface area contributed by atoms with Crippen molar-refractivity contribution in [2.45, 2.75) is 13.3 Å². The molecule has 0 aromatic heterocycles. The third-order valence-corrected chi connectivity index (χ3v) is 3.53. The molecule has 2 aromatic carbocycles. The van der Waals surface area contributed by atoms with Crippen LogP contribution in [-0.2, 0) is 4.79 Å². The molecule has 0 heterocycles. The average molecular weight is 373 g/mol. The van der Waals surface area contributed by atoms with Gasteiger partial charge in [-0.2, -0.15) is 5.10 Å². The zero-order valence-corrected chi connectivity index (χ0v) is 15.2. The first-order chi connectivity index (χ1) is 12.9. The first kappa shape index (κ1) is 19.9. The lowest BCUT2D eigenvalue weighted by molar-refractivity contribution is -0.115. The van der Waals surface area contributed by atoms with Crippen LogP contribution in [-0.4, -0.2) is 31.7 Å². The number of hydrazone groups is 1. The number of methoxy groups -OCH3 is 2. The first-order valence-electron chi connectivity index (χ1n) is 8.04. The van der Waals surface area contributed by atoms with Gasteiger partial charge in [0.2, 0.25) is 5.91 Å². The molecule has 0 unspecified atom stereocenters. The summed E-state index contributed by atoms with van der Waals surface area (Å²) < 4.78 is 23.4. The van der Waals surface area contributed by atoms with Gasteiger partial charge in [-0.3, -0.25) is 9.59 Å².